The van der Waals surface area contributed by atoms with E-state index in [1.54, 1.807) is 24.3 Å². The van der Waals surface area contributed by atoms with Gasteiger partial charge in [-0.25, -0.2) is 0 Å². The molecular weight excluding hydrogens is 332 g/mol. The molecule has 1 aromatic carbocycles. The van der Waals surface area contributed by atoms with Gasteiger partial charge in [0.15, 0.2) is 5.78 Å². The van der Waals surface area contributed by atoms with Gasteiger partial charge in [-0.2, -0.15) is 11.8 Å². The van der Waals surface area contributed by atoms with Crippen LogP contribution < -0.4 is 4.74 Å². The molecule has 1 rings (SSSR count). The number of aliphatic hydroxyl groups excluding tert-OH is 1. The molecule has 0 radical (unpaired) electrons. The van der Waals surface area contributed by atoms with Crippen LogP contribution in [-0.2, 0) is 9.53 Å². The predicted octanol–water partition coefficient (Wildman–Crippen LogP) is 1.68. The Hall–Kier alpha value is -1.57. The summed E-state index contributed by atoms with van der Waals surface area (Å²) in [6, 6.07) is 6.43. The van der Waals surface area contributed by atoms with Gasteiger partial charge in [0.25, 0.3) is 0 Å². The Bertz CT molecular complexity index is 521. The molecule has 0 saturated heterocycles. The standard InChI is InChI=1S/C17H24O6S/c1-17(2,21)16(20)13-3-5-14(6-4-13)22-9-10-23-15(19)7-11-24-12-8-18/h3-6,18,21H,7-12H2,1-2H3. The lowest BCUT2D eigenvalue weighted by Crippen LogP contribution is -2.30. The fourth-order valence-corrected chi connectivity index (χ4v) is 2.41. The van der Waals surface area contributed by atoms with E-state index in [1.807, 2.05) is 0 Å². The zero-order valence-electron chi connectivity index (χ0n) is 14.0. The van der Waals surface area contributed by atoms with E-state index in [9.17, 15) is 14.7 Å². The number of aliphatic hydroxyl groups is 2. The maximum Gasteiger partial charge on any atom is 0.306 e. The number of rotatable bonds is 11. The topological polar surface area (TPSA) is 93.1 Å². The lowest BCUT2D eigenvalue weighted by molar-refractivity contribution is -0.143. The molecule has 0 aromatic heterocycles. The second-order valence-corrected chi connectivity index (χ2v) is 6.79. The summed E-state index contributed by atoms with van der Waals surface area (Å²) in [5.41, 5.74) is -1.01. The zero-order chi connectivity index (χ0) is 18.0. The molecule has 0 amide bonds. The Kier molecular flexibility index (Phi) is 8.81. The highest BCUT2D eigenvalue weighted by Gasteiger charge is 2.24. The third kappa shape index (κ3) is 7.81. The number of hydrogen-bond acceptors (Lipinski definition) is 7. The van der Waals surface area contributed by atoms with Crippen LogP contribution in [0.5, 0.6) is 5.75 Å². The first-order valence-electron chi connectivity index (χ1n) is 7.69. The van der Waals surface area contributed by atoms with Gasteiger partial charge in [-0.3, -0.25) is 9.59 Å². The zero-order valence-corrected chi connectivity index (χ0v) is 14.8. The summed E-state index contributed by atoms with van der Waals surface area (Å²) in [7, 11) is 0. The number of ketones is 1. The van der Waals surface area contributed by atoms with Gasteiger partial charge in [0.2, 0.25) is 0 Å². The number of Topliss-reactive ketones (excluding diaryl/α,β-unsaturated/α-hetero) is 1. The molecule has 0 aliphatic rings. The Morgan fingerprint density at radius 2 is 1.79 bits per heavy atom. The molecule has 0 spiro atoms. The average molecular weight is 356 g/mol. The van der Waals surface area contributed by atoms with Crippen molar-refractivity contribution in [2.75, 3.05) is 31.3 Å². The van der Waals surface area contributed by atoms with Crippen LogP contribution in [0.25, 0.3) is 0 Å². The molecule has 0 aliphatic carbocycles. The molecule has 134 valence electrons. The maximum absolute atomic E-state index is 11.9. The van der Waals surface area contributed by atoms with E-state index in [0.29, 0.717) is 29.2 Å². The SMILES string of the molecule is CC(C)(O)C(=O)c1ccc(OCCOC(=O)CCSCCO)cc1. The lowest BCUT2D eigenvalue weighted by Gasteiger charge is -2.15. The highest BCUT2D eigenvalue weighted by molar-refractivity contribution is 7.99. The van der Waals surface area contributed by atoms with Crippen molar-refractivity contribution in [3.8, 4) is 5.75 Å². The molecule has 0 bridgehead atoms. The minimum atomic E-state index is -1.41. The molecule has 7 heteroatoms. The highest BCUT2D eigenvalue weighted by atomic mass is 32.2. The minimum absolute atomic E-state index is 0.105. The quantitative estimate of drug-likeness (QED) is 0.354. The Morgan fingerprint density at radius 1 is 1.12 bits per heavy atom. The van der Waals surface area contributed by atoms with Crippen molar-refractivity contribution >= 4 is 23.5 Å². The molecule has 6 nitrogen and oxygen atoms in total. The fraction of sp³-hybridized carbons (Fsp3) is 0.529. The van der Waals surface area contributed by atoms with Crippen LogP contribution in [-0.4, -0.2) is 58.9 Å². The molecule has 0 aliphatic heterocycles. The molecular formula is C17H24O6S. The second-order valence-electron chi connectivity index (χ2n) is 5.57. The number of thioether (sulfide) groups is 1. The van der Waals surface area contributed by atoms with Crippen LogP contribution in [0.15, 0.2) is 24.3 Å². The van der Waals surface area contributed by atoms with Crippen molar-refractivity contribution in [2.24, 2.45) is 0 Å². The summed E-state index contributed by atoms with van der Waals surface area (Å²) < 4.78 is 10.5. The lowest BCUT2D eigenvalue weighted by atomic mass is 9.97. The van der Waals surface area contributed by atoms with Gasteiger partial charge in [0.05, 0.1) is 13.0 Å². The van der Waals surface area contributed by atoms with Gasteiger partial charge in [0.1, 0.15) is 24.6 Å². The van der Waals surface area contributed by atoms with Gasteiger partial charge in [-0.15, -0.1) is 0 Å². The van der Waals surface area contributed by atoms with Crippen molar-refractivity contribution in [1.82, 2.24) is 0 Å². The van der Waals surface area contributed by atoms with Crippen LogP contribution in [0, 0.1) is 0 Å². The molecule has 0 heterocycles. The average Bonchev–Trinajstić information content (AvgIpc) is 2.55. The van der Waals surface area contributed by atoms with Crippen molar-refractivity contribution < 1.29 is 29.3 Å². The Labute approximate surface area is 146 Å². The van der Waals surface area contributed by atoms with Crippen molar-refractivity contribution in [3.63, 3.8) is 0 Å². The summed E-state index contributed by atoms with van der Waals surface area (Å²) >= 11 is 1.50. The fourth-order valence-electron chi connectivity index (χ4n) is 1.77. The van der Waals surface area contributed by atoms with E-state index in [-0.39, 0.29) is 31.6 Å². The van der Waals surface area contributed by atoms with Gasteiger partial charge >= 0.3 is 5.97 Å². The number of esters is 1. The van der Waals surface area contributed by atoms with Gasteiger partial charge in [-0.1, -0.05) is 0 Å². The number of benzene rings is 1. The molecule has 0 fully saturated rings. The van der Waals surface area contributed by atoms with Crippen molar-refractivity contribution in [3.05, 3.63) is 29.8 Å². The normalized spacial score (nSPS) is 11.2. The van der Waals surface area contributed by atoms with E-state index >= 15 is 0 Å². The number of carbonyl (C=O) groups excluding carboxylic acids is 2. The first kappa shape index (κ1) is 20.5. The first-order chi connectivity index (χ1) is 11.3. The van der Waals surface area contributed by atoms with Crippen LogP contribution in [0.1, 0.15) is 30.6 Å². The van der Waals surface area contributed by atoms with Crippen molar-refractivity contribution in [2.45, 2.75) is 25.9 Å². The Morgan fingerprint density at radius 3 is 2.38 bits per heavy atom. The van der Waals surface area contributed by atoms with E-state index in [2.05, 4.69) is 0 Å². The Balaban J connectivity index is 2.26. The molecule has 0 atom stereocenters. The second kappa shape index (κ2) is 10.3. The maximum atomic E-state index is 11.9. The molecule has 0 unspecified atom stereocenters. The largest absolute Gasteiger partial charge is 0.490 e. The summed E-state index contributed by atoms with van der Waals surface area (Å²) in [4.78, 5) is 23.3. The van der Waals surface area contributed by atoms with Gasteiger partial charge in [-0.05, 0) is 38.1 Å². The number of ether oxygens (including phenoxy) is 2. The molecule has 1 aromatic rings. The van der Waals surface area contributed by atoms with Crippen molar-refractivity contribution in [1.29, 1.82) is 0 Å². The molecule has 24 heavy (non-hydrogen) atoms. The summed E-state index contributed by atoms with van der Waals surface area (Å²) in [6.45, 7) is 3.35. The third-order valence-corrected chi connectivity index (χ3v) is 3.94. The van der Waals surface area contributed by atoms with E-state index < -0.39 is 5.60 Å². The van der Waals surface area contributed by atoms with Crippen LogP contribution >= 0.6 is 11.8 Å². The van der Waals surface area contributed by atoms with Gasteiger partial charge < -0.3 is 19.7 Å². The number of carbonyl (C=O) groups is 2. The van der Waals surface area contributed by atoms with Crippen LogP contribution in [0.2, 0.25) is 0 Å². The molecule has 0 saturated carbocycles. The highest BCUT2D eigenvalue weighted by Crippen LogP contribution is 2.17. The molecule has 2 N–H and O–H groups in total. The third-order valence-electron chi connectivity index (χ3n) is 2.97. The minimum Gasteiger partial charge on any atom is -0.490 e. The number of hydrogen-bond donors (Lipinski definition) is 2. The first-order valence-corrected chi connectivity index (χ1v) is 8.84. The van der Waals surface area contributed by atoms with Gasteiger partial charge in [0, 0.05) is 17.1 Å². The predicted molar refractivity (Wildman–Crippen MR) is 92.6 cm³/mol. The smallest absolute Gasteiger partial charge is 0.306 e. The summed E-state index contributed by atoms with van der Waals surface area (Å²) in [5, 5.41) is 18.3. The van der Waals surface area contributed by atoms with E-state index in [4.69, 9.17) is 14.6 Å². The van der Waals surface area contributed by atoms with Crippen LogP contribution in [0.3, 0.4) is 0 Å². The monoisotopic (exact) mass is 356 g/mol. The summed E-state index contributed by atoms with van der Waals surface area (Å²) in [6.07, 6.45) is 0.304. The van der Waals surface area contributed by atoms with Crippen LogP contribution in [0.4, 0.5) is 0 Å². The van der Waals surface area contributed by atoms with E-state index in [1.165, 1.54) is 25.6 Å². The van der Waals surface area contributed by atoms with E-state index in [0.717, 1.165) is 0 Å². The summed E-state index contributed by atoms with van der Waals surface area (Å²) in [5.74, 6) is 1.13.